The summed E-state index contributed by atoms with van der Waals surface area (Å²) in [4.78, 5) is 11.1. The summed E-state index contributed by atoms with van der Waals surface area (Å²) in [5.74, 6) is -0.616. The van der Waals surface area contributed by atoms with Crippen LogP contribution < -0.4 is 10.1 Å². The fourth-order valence-electron chi connectivity index (χ4n) is 3.97. The highest BCUT2D eigenvalue weighted by atomic mass is 35.5. The number of rotatable bonds is 12. The van der Waals surface area contributed by atoms with Crippen molar-refractivity contribution in [3.05, 3.63) is 87.9 Å². The number of aliphatic hydroxyl groups is 1. The van der Waals surface area contributed by atoms with Gasteiger partial charge in [-0.15, -0.1) is 0 Å². The lowest BCUT2D eigenvalue weighted by Crippen LogP contribution is -2.44. The van der Waals surface area contributed by atoms with Crippen LogP contribution in [-0.4, -0.2) is 41.0 Å². The quantitative estimate of drug-likeness (QED) is 0.270. The number of β-amino-alcohol motifs (C(OH)–C–C–N with tert-alkyl or cyclic N) is 1. The number of ether oxygens (including phenoxy) is 1. The zero-order chi connectivity index (χ0) is 27.0. The Morgan fingerprint density at radius 2 is 1.81 bits per heavy atom. The van der Waals surface area contributed by atoms with E-state index in [9.17, 15) is 15.2 Å². The molecule has 194 valence electrons. The lowest BCUT2D eigenvalue weighted by Gasteiger charge is -2.28. The molecule has 0 fully saturated rings. The number of carboxylic acids is 1. The average Bonchev–Trinajstić information content (AvgIpc) is 2.88. The first-order valence-electron chi connectivity index (χ1n) is 12.3. The second-order valence-electron chi connectivity index (χ2n) is 9.87. The first-order chi connectivity index (χ1) is 17.6. The predicted molar refractivity (Wildman–Crippen MR) is 146 cm³/mol. The van der Waals surface area contributed by atoms with Crippen LogP contribution in [0, 0.1) is 18.3 Å². The Bertz CT molecular complexity index is 1270. The number of nitriles is 1. The second kappa shape index (κ2) is 12.7. The van der Waals surface area contributed by atoms with Gasteiger partial charge in [0.25, 0.3) is 0 Å². The van der Waals surface area contributed by atoms with Crippen LogP contribution >= 0.6 is 11.6 Å². The number of nitrogens with zero attached hydrogens (tertiary/aromatic N) is 1. The lowest BCUT2D eigenvalue weighted by atomic mass is 9.95. The molecule has 0 bridgehead atoms. The van der Waals surface area contributed by atoms with Gasteiger partial charge in [-0.3, -0.25) is 0 Å². The molecule has 0 unspecified atom stereocenters. The molecule has 0 aliphatic heterocycles. The summed E-state index contributed by atoms with van der Waals surface area (Å²) in [6.45, 7) is 6.58. The van der Waals surface area contributed by atoms with Crippen LogP contribution in [0.3, 0.4) is 0 Å². The Balaban J connectivity index is 1.51. The van der Waals surface area contributed by atoms with Gasteiger partial charge in [-0.25, -0.2) is 4.79 Å². The molecular weight excluding hydrogens is 488 g/mol. The van der Waals surface area contributed by atoms with E-state index in [2.05, 4.69) is 31.3 Å². The van der Waals surface area contributed by atoms with Crippen molar-refractivity contribution >= 4 is 17.6 Å². The van der Waals surface area contributed by atoms with Crippen LogP contribution in [0.25, 0.3) is 11.1 Å². The van der Waals surface area contributed by atoms with Crippen LogP contribution in [0.2, 0.25) is 5.02 Å². The Labute approximate surface area is 223 Å². The van der Waals surface area contributed by atoms with Gasteiger partial charge in [0.15, 0.2) is 0 Å². The fourth-order valence-corrected chi connectivity index (χ4v) is 4.18. The van der Waals surface area contributed by atoms with Gasteiger partial charge in [0.1, 0.15) is 24.5 Å². The van der Waals surface area contributed by atoms with Crippen LogP contribution in [0.4, 0.5) is 0 Å². The minimum absolute atomic E-state index is 0.0288. The summed E-state index contributed by atoms with van der Waals surface area (Å²) in [6, 6.07) is 19.9. The number of carboxylic acid groups (broad SMARTS) is 1. The SMILES string of the molecule is Cc1ccc(CCCC(C)(C)NC[C@H](O)COc2cc(-c3ccc(C(=O)O)cc3)ccc2C#N)cc1Cl. The van der Waals surface area contributed by atoms with E-state index in [-0.39, 0.29) is 17.7 Å². The monoisotopic (exact) mass is 520 g/mol. The number of nitrogens with one attached hydrogen (secondary N) is 1. The minimum Gasteiger partial charge on any atom is -0.489 e. The molecule has 0 spiro atoms. The molecule has 7 heteroatoms. The molecule has 37 heavy (non-hydrogen) atoms. The van der Waals surface area contributed by atoms with Crippen molar-refractivity contribution in [2.24, 2.45) is 0 Å². The molecule has 0 amide bonds. The zero-order valence-corrected chi connectivity index (χ0v) is 22.2. The van der Waals surface area contributed by atoms with E-state index >= 15 is 0 Å². The molecule has 1 atom stereocenters. The summed E-state index contributed by atoms with van der Waals surface area (Å²) >= 11 is 6.23. The maximum absolute atomic E-state index is 11.1. The van der Waals surface area contributed by atoms with Crippen LogP contribution in [0.5, 0.6) is 5.75 Å². The summed E-state index contributed by atoms with van der Waals surface area (Å²) in [6.07, 6.45) is 2.08. The highest BCUT2D eigenvalue weighted by Crippen LogP contribution is 2.28. The third-order valence-corrected chi connectivity index (χ3v) is 6.73. The normalized spacial score (nSPS) is 12.1. The largest absolute Gasteiger partial charge is 0.489 e. The number of halogens is 1. The van der Waals surface area contributed by atoms with E-state index in [0.717, 1.165) is 41.0 Å². The summed E-state index contributed by atoms with van der Waals surface area (Å²) in [5.41, 5.74) is 4.27. The average molecular weight is 521 g/mol. The van der Waals surface area contributed by atoms with Gasteiger partial charge in [-0.2, -0.15) is 5.26 Å². The molecule has 0 saturated carbocycles. The Kier molecular flexibility index (Phi) is 9.71. The van der Waals surface area contributed by atoms with Gasteiger partial charge in [0.05, 0.1) is 11.1 Å². The summed E-state index contributed by atoms with van der Waals surface area (Å²) in [5, 5.41) is 33.3. The van der Waals surface area contributed by atoms with Crippen LogP contribution in [0.1, 0.15) is 53.7 Å². The fraction of sp³-hybridized carbons (Fsp3) is 0.333. The highest BCUT2D eigenvalue weighted by Gasteiger charge is 2.19. The van der Waals surface area contributed by atoms with Crippen molar-refractivity contribution in [3.63, 3.8) is 0 Å². The van der Waals surface area contributed by atoms with Gasteiger partial charge in [-0.1, -0.05) is 41.9 Å². The molecule has 3 aromatic carbocycles. The van der Waals surface area contributed by atoms with Crippen molar-refractivity contribution in [1.29, 1.82) is 5.26 Å². The van der Waals surface area contributed by atoms with Gasteiger partial charge >= 0.3 is 5.97 Å². The number of carbonyl (C=O) groups is 1. The molecule has 3 N–H and O–H groups in total. The highest BCUT2D eigenvalue weighted by molar-refractivity contribution is 6.31. The number of aliphatic hydroxyl groups excluding tert-OH is 1. The molecular formula is C30H33ClN2O4. The van der Waals surface area contributed by atoms with Crippen molar-refractivity contribution in [2.75, 3.05) is 13.2 Å². The van der Waals surface area contributed by atoms with Crippen molar-refractivity contribution in [2.45, 2.75) is 51.7 Å². The lowest BCUT2D eigenvalue weighted by molar-refractivity contribution is 0.0697. The van der Waals surface area contributed by atoms with Gasteiger partial charge in [0.2, 0.25) is 0 Å². The van der Waals surface area contributed by atoms with Crippen molar-refractivity contribution < 1.29 is 19.7 Å². The molecule has 0 aliphatic rings. The Morgan fingerprint density at radius 1 is 1.11 bits per heavy atom. The summed E-state index contributed by atoms with van der Waals surface area (Å²) < 4.78 is 5.82. The van der Waals surface area contributed by atoms with Crippen LogP contribution in [-0.2, 0) is 6.42 Å². The topological polar surface area (TPSA) is 103 Å². The smallest absolute Gasteiger partial charge is 0.335 e. The summed E-state index contributed by atoms with van der Waals surface area (Å²) in [7, 11) is 0. The Hall–Kier alpha value is -3.37. The van der Waals surface area contributed by atoms with E-state index in [1.165, 1.54) is 17.7 Å². The molecule has 0 heterocycles. The van der Waals surface area contributed by atoms with E-state index in [4.69, 9.17) is 21.4 Å². The first kappa shape index (κ1) is 28.2. The number of aryl methyl sites for hydroxylation is 2. The molecule has 0 aliphatic carbocycles. The van der Waals surface area contributed by atoms with E-state index in [0.29, 0.717) is 17.9 Å². The number of aromatic carboxylic acids is 1. The number of benzene rings is 3. The molecule has 0 aromatic heterocycles. The minimum atomic E-state index is -0.989. The maximum atomic E-state index is 11.1. The van der Waals surface area contributed by atoms with Gasteiger partial charge in [-0.05, 0) is 92.6 Å². The predicted octanol–water partition coefficient (Wildman–Crippen LogP) is 6.02. The van der Waals surface area contributed by atoms with E-state index in [1.54, 1.807) is 30.3 Å². The Morgan fingerprint density at radius 3 is 2.46 bits per heavy atom. The van der Waals surface area contributed by atoms with Crippen LogP contribution in [0.15, 0.2) is 60.7 Å². The van der Waals surface area contributed by atoms with Gasteiger partial charge in [0, 0.05) is 17.1 Å². The zero-order valence-electron chi connectivity index (χ0n) is 21.4. The molecule has 0 saturated heterocycles. The number of hydrogen-bond donors (Lipinski definition) is 3. The molecule has 3 rings (SSSR count). The maximum Gasteiger partial charge on any atom is 0.335 e. The molecule has 3 aromatic rings. The first-order valence-corrected chi connectivity index (χ1v) is 12.6. The third kappa shape index (κ3) is 8.33. The molecule has 0 radical (unpaired) electrons. The van der Waals surface area contributed by atoms with E-state index in [1.807, 2.05) is 19.1 Å². The third-order valence-electron chi connectivity index (χ3n) is 6.32. The van der Waals surface area contributed by atoms with Gasteiger partial charge < -0.3 is 20.3 Å². The van der Waals surface area contributed by atoms with E-state index < -0.39 is 12.1 Å². The second-order valence-corrected chi connectivity index (χ2v) is 10.3. The standard InChI is InChI=1S/C30H33ClN2O4/c1-20-6-7-21(15-27(20)31)5-4-14-30(2,3)33-18-26(34)19-37-28-16-24(12-13-25(28)17-32)22-8-10-23(11-9-22)29(35)36/h6-13,15-16,26,33-34H,4-5,14,18-19H2,1-3H3,(H,35,36)/t26-/m0/s1. The number of hydrogen-bond acceptors (Lipinski definition) is 5. The molecule has 6 nitrogen and oxygen atoms in total. The van der Waals surface area contributed by atoms with Crippen molar-refractivity contribution in [1.82, 2.24) is 5.32 Å². The van der Waals surface area contributed by atoms with Crippen molar-refractivity contribution in [3.8, 4) is 22.9 Å².